The predicted molar refractivity (Wildman–Crippen MR) is 109 cm³/mol. The molecular formula is C24H36O4. The number of carbonyl (C=O) groups is 2. The van der Waals surface area contributed by atoms with Crippen molar-refractivity contribution in [2.45, 2.75) is 79.2 Å². The number of allylic oxidation sites excluding steroid dienone is 3. The van der Waals surface area contributed by atoms with Crippen LogP contribution in [0.3, 0.4) is 0 Å². The topological polar surface area (TPSA) is 52.6 Å². The molecule has 0 spiro atoms. The highest BCUT2D eigenvalue weighted by atomic mass is 16.5. The van der Waals surface area contributed by atoms with Crippen molar-refractivity contribution >= 4 is 11.9 Å². The monoisotopic (exact) mass is 388 g/mol. The molecule has 0 N–H and O–H groups in total. The molecule has 28 heavy (non-hydrogen) atoms. The van der Waals surface area contributed by atoms with Gasteiger partial charge in [0, 0.05) is 25.2 Å². The van der Waals surface area contributed by atoms with Crippen molar-refractivity contribution in [3.63, 3.8) is 0 Å². The van der Waals surface area contributed by atoms with Crippen molar-refractivity contribution in [1.82, 2.24) is 0 Å². The molecule has 4 heteroatoms. The lowest BCUT2D eigenvalue weighted by molar-refractivity contribution is -0.200. The third kappa shape index (κ3) is 3.55. The SMILES string of the molecule is C=CC1=C(C)[C@@H]2CC(OC(C)=O)C3[C@](C)(COC(C)=O)CCC[C@]3(C)[C@H]2CC1. The summed E-state index contributed by atoms with van der Waals surface area (Å²) < 4.78 is 11.5. The standard InChI is InChI=1S/C24H36O4/c1-7-18-9-10-20-19(15(18)2)13-21(28-17(4)26)22-23(5,14-27-16(3)25)11-8-12-24(20,22)6/h7,19-22H,1,8-14H2,2-6H3/t19-,20-,21?,22?,23-,24+/m0/s1. The molecule has 3 aliphatic rings. The second kappa shape index (κ2) is 7.68. The molecule has 0 aliphatic heterocycles. The Bertz CT molecular complexity index is 693. The first-order chi connectivity index (χ1) is 13.1. The molecule has 6 atom stereocenters. The summed E-state index contributed by atoms with van der Waals surface area (Å²) in [6, 6.07) is 0. The first-order valence-corrected chi connectivity index (χ1v) is 10.7. The lowest BCUT2D eigenvalue weighted by atomic mass is 9.43. The number of hydrogen-bond acceptors (Lipinski definition) is 4. The first-order valence-electron chi connectivity index (χ1n) is 10.7. The van der Waals surface area contributed by atoms with Crippen molar-refractivity contribution in [2.75, 3.05) is 6.61 Å². The van der Waals surface area contributed by atoms with E-state index in [1.54, 1.807) is 0 Å². The van der Waals surface area contributed by atoms with Gasteiger partial charge < -0.3 is 9.47 Å². The highest BCUT2D eigenvalue weighted by Crippen LogP contribution is 2.65. The van der Waals surface area contributed by atoms with Gasteiger partial charge >= 0.3 is 11.9 Å². The van der Waals surface area contributed by atoms with Gasteiger partial charge in [-0.3, -0.25) is 9.59 Å². The van der Waals surface area contributed by atoms with E-state index in [2.05, 4.69) is 27.4 Å². The van der Waals surface area contributed by atoms with E-state index in [9.17, 15) is 9.59 Å². The fourth-order valence-corrected chi connectivity index (χ4v) is 7.06. The molecule has 4 nitrogen and oxygen atoms in total. The van der Waals surface area contributed by atoms with Crippen LogP contribution in [0.4, 0.5) is 0 Å². The van der Waals surface area contributed by atoms with Crippen LogP contribution in [-0.2, 0) is 19.1 Å². The van der Waals surface area contributed by atoms with Gasteiger partial charge in [0.05, 0.1) is 6.61 Å². The number of hydrogen-bond donors (Lipinski definition) is 0. The fraction of sp³-hybridized carbons (Fsp3) is 0.750. The van der Waals surface area contributed by atoms with Gasteiger partial charge in [-0.25, -0.2) is 0 Å². The fourth-order valence-electron chi connectivity index (χ4n) is 7.06. The van der Waals surface area contributed by atoms with E-state index < -0.39 is 0 Å². The van der Waals surface area contributed by atoms with Crippen LogP contribution in [0.15, 0.2) is 23.8 Å². The Labute approximate surface area is 169 Å². The third-order valence-electron chi connectivity index (χ3n) is 8.07. The summed E-state index contributed by atoms with van der Waals surface area (Å²) in [4.78, 5) is 23.5. The Morgan fingerprint density at radius 2 is 1.93 bits per heavy atom. The molecule has 156 valence electrons. The summed E-state index contributed by atoms with van der Waals surface area (Å²) in [5, 5.41) is 0. The molecule has 0 aromatic rings. The van der Waals surface area contributed by atoms with Gasteiger partial charge in [0.25, 0.3) is 0 Å². The van der Waals surface area contributed by atoms with Crippen molar-refractivity contribution in [1.29, 1.82) is 0 Å². The highest BCUT2D eigenvalue weighted by molar-refractivity contribution is 5.66. The average Bonchev–Trinajstić information content (AvgIpc) is 2.60. The maximum atomic E-state index is 12.0. The van der Waals surface area contributed by atoms with Crippen molar-refractivity contribution in [3.05, 3.63) is 23.8 Å². The van der Waals surface area contributed by atoms with Crippen molar-refractivity contribution in [2.24, 2.45) is 28.6 Å². The lowest BCUT2D eigenvalue weighted by Gasteiger charge is -2.63. The van der Waals surface area contributed by atoms with E-state index in [0.717, 1.165) is 38.5 Å². The molecule has 3 aliphatic carbocycles. The number of carbonyl (C=O) groups excluding carboxylic acids is 2. The normalized spacial score (nSPS) is 40.2. The number of esters is 2. The van der Waals surface area contributed by atoms with Crippen LogP contribution in [-0.4, -0.2) is 24.6 Å². The zero-order valence-electron chi connectivity index (χ0n) is 18.2. The van der Waals surface area contributed by atoms with Crippen LogP contribution in [0.5, 0.6) is 0 Å². The van der Waals surface area contributed by atoms with Gasteiger partial charge in [-0.05, 0) is 61.9 Å². The molecule has 0 aromatic heterocycles. The zero-order valence-corrected chi connectivity index (χ0v) is 18.2. The van der Waals surface area contributed by atoms with Crippen LogP contribution in [0, 0.1) is 28.6 Å². The van der Waals surface area contributed by atoms with E-state index in [-0.39, 0.29) is 34.8 Å². The minimum absolute atomic E-state index is 0.0736. The number of fused-ring (bicyclic) bond motifs is 3. The van der Waals surface area contributed by atoms with Crippen LogP contribution in [0.2, 0.25) is 0 Å². The first kappa shape index (κ1) is 21.1. The summed E-state index contributed by atoms with van der Waals surface area (Å²) in [5.41, 5.74) is 2.70. The van der Waals surface area contributed by atoms with Gasteiger partial charge in [0.2, 0.25) is 0 Å². The largest absolute Gasteiger partial charge is 0.465 e. The van der Waals surface area contributed by atoms with E-state index in [1.807, 2.05) is 6.08 Å². The Kier molecular flexibility index (Phi) is 5.80. The van der Waals surface area contributed by atoms with Crippen LogP contribution < -0.4 is 0 Å². The van der Waals surface area contributed by atoms with E-state index in [4.69, 9.17) is 9.47 Å². The Morgan fingerprint density at radius 3 is 2.54 bits per heavy atom. The molecule has 3 rings (SSSR count). The lowest BCUT2D eigenvalue weighted by Crippen LogP contribution is -2.60. The summed E-state index contributed by atoms with van der Waals surface area (Å²) >= 11 is 0. The van der Waals surface area contributed by atoms with Crippen molar-refractivity contribution in [3.8, 4) is 0 Å². The van der Waals surface area contributed by atoms with Gasteiger partial charge in [0.1, 0.15) is 6.10 Å². The minimum atomic E-state index is -0.238. The molecule has 0 heterocycles. The molecule has 0 aromatic carbocycles. The van der Waals surface area contributed by atoms with Gasteiger partial charge in [-0.2, -0.15) is 0 Å². The van der Waals surface area contributed by atoms with Gasteiger partial charge in [0.15, 0.2) is 0 Å². The predicted octanol–water partition coefficient (Wildman–Crippen LogP) is 5.23. The third-order valence-corrected chi connectivity index (χ3v) is 8.07. The smallest absolute Gasteiger partial charge is 0.302 e. The van der Waals surface area contributed by atoms with E-state index in [0.29, 0.717) is 18.4 Å². The Balaban J connectivity index is 2.03. The Morgan fingerprint density at radius 1 is 1.21 bits per heavy atom. The van der Waals surface area contributed by atoms with Gasteiger partial charge in [-0.15, -0.1) is 0 Å². The molecule has 0 amide bonds. The molecule has 2 unspecified atom stereocenters. The number of rotatable bonds is 4. The second-order valence-electron chi connectivity index (χ2n) is 9.82. The molecule has 2 saturated carbocycles. The maximum Gasteiger partial charge on any atom is 0.302 e. The average molecular weight is 389 g/mol. The summed E-state index contributed by atoms with van der Waals surface area (Å²) in [7, 11) is 0. The maximum absolute atomic E-state index is 12.0. The highest BCUT2D eigenvalue weighted by Gasteiger charge is 2.61. The molecule has 0 saturated heterocycles. The van der Waals surface area contributed by atoms with E-state index >= 15 is 0 Å². The van der Waals surface area contributed by atoms with Crippen LogP contribution >= 0.6 is 0 Å². The van der Waals surface area contributed by atoms with Crippen LogP contribution in [0.1, 0.15) is 73.1 Å². The number of ether oxygens (including phenoxy) is 2. The quantitative estimate of drug-likeness (QED) is 0.619. The van der Waals surface area contributed by atoms with E-state index in [1.165, 1.54) is 25.0 Å². The van der Waals surface area contributed by atoms with Crippen molar-refractivity contribution < 1.29 is 19.1 Å². The Hall–Kier alpha value is -1.58. The van der Waals surface area contributed by atoms with Gasteiger partial charge in [-0.1, -0.05) is 38.5 Å². The van der Waals surface area contributed by atoms with Crippen LogP contribution in [0.25, 0.3) is 0 Å². The molecule has 0 radical (unpaired) electrons. The summed E-state index contributed by atoms with van der Waals surface area (Å²) in [5.74, 6) is 0.760. The zero-order chi connectivity index (χ0) is 20.7. The second-order valence-corrected chi connectivity index (χ2v) is 9.82. The molecular weight excluding hydrogens is 352 g/mol. The molecule has 0 bridgehead atoms. The summed E-state index contributed by atoms with van der Waals surface area (Å²) in [6.45, 7) is 14.3. The minimum Gasteiger partial charge on any atom is -0.465 e. The molecule has 2 fully saturated rings. The summed E-state index contributed by atoms with van der Waals surface area (Å²) in [6.07, 6.45) is 8.24.